The fourth-order valence-corrected chi connectivity index (χ4v) is 8.35. The minimum atomic E-state index is -1.23. The number of benzene rings is 1. The van der Waals surface area contributed by atoms with E-state index in [1.807, 2.05) is 30.3 Å². The van der Waals surface area contributed by atoms with Crippen molar-refractivity contribution in [3.8, 4) is 0 Å². The van der Waals surface area contributed by atoms with Crippen LogP contribution in [0.4, 0.5) is 0 Å². The van der Waals surface area contributed by atoms with E-state index < -0.39 is 8.56 Å². The van der Waals surface area contributed by atoms with E-state index in [4.69, 9.17) is 0 Å². The lowest BCUT2D eigenvalue weighted by molar-refractivity contribution is 0.607. The zero-order valence-electron chi connectivity index (χ0n) is 5.83. The summed E-state index contributed by atoms with van der Waals surface area (Å²) in [7, 11) is 3.53. The van der Waals surface area contributed by atoms with E-state index in [-0.39, 0.29) is 0 Å². The van der Waals surface area contributed by atoms with Gasteiger partial charge in [0.25, 0.3) is 0 Å². The van der Waals surface area contributed by atoms with Gasteiger partial charge in [0.1, 0.15) is 0 Å². The summed E-state index contributed by atoms with van der Waals surface area (Å²) in [5.41, 5.74) is 0. The van der Waals surface area contributed by atoms with Gasteiger partial charge >= 0.3 is 0 Å². The molecule has 0 saturated carbocycles. The molecule has 0 aromatic heterocycles. The van der Waals surface area contributed by atoms with Gasteiger partial charge in [0, 0.05) is 18.3 Å². The molecule has 1 rings (SSSR count). The molecular weight excluding hydrogens is 200 g/mol. The summed E-state index contributed by atoms with van der Waals surface area (Å²) in [6, 6.07) is 9.90. The molecule has 11 heavy (non-hydrogen) atoms. The lowest BCUT2D eigenvalue weighted by Gasteiger charge is -2.03. The second kappa shape index (κ2) is 4.83. The zero-order chi connectivity index (χ0) is 8.10. The summed E-state index contributed by atoms with van der Waals surface area (Å²) in [4.78, 5) is 9.61. The normalized spacial score (nSPS) is 10.5. The maximum atomic E-state index is 9.61. The molecule has 0 atom stereocenters. The third kappa shape index (κ3) is 2.87. The number of hydrogen-bond donors (Lipinski definition) is 1. The highest BCUT2D eigenvalue weighted by Crippen LogP contribution is 1.83. The summed E-state index contributed by atoms with van der Waals surface area (Å²) in [6.07, 6.45) is 0. The average molecular weight is 206 g/mol. The van der Waals surface area contributed by atoms with Crippen LogP contribution in [-0.4, -0.2) is 40.2 Å². The molecule has 5 heteroatoms. The molecule has 0 bridgehead atoms. The molecular formula is C6H6OSi4. The van der Waals surface area contributed by atoms with Crippen molar-refractivity contribution in [2.24, 2.45) is 0 Å². The van der Waals surface area contributed by atoms with Crippen LogP contribution in [0.1, 0.15) is 0 Å². The first-order valence-electron chi connectivity index (χ1n) is 3.13. The van der Waals surface area contributed by atoms with E-state index in [9.17, 15) is 4.80 Å². The predicted octanol–water partition coefficient (Wildman–Crippen LogP) is -1.22. The molecule has 0 aliphatic rings. The van der Waals surface area contributed by atoms with Gasteiger partial charge in [0.15, 0.2) is 0 Å². The van der Waals surface area contributed by atoms with Crippen LogP contribution in [0, 0.1) is 0 Å². The highest BCUT2D eigenvalue weighted by molar-refractivity contribution is 7.46. The van der Waals surface area contributed by atoms with Crippen LogP contribution in [-0.2, 0) is 0 Å². The Morgan fingerprint density at radius 2 is 1.91 bits per heavy atom. The van der Waals surface area contributed by atoms with Crippen LogP contribution >= 0.6 is 0 Å². The highest BCUT2D eigenvalue weighted by Gasteiger charge is 2.08. The van der Waals surface area contributed by atoms with Gasteiger partial charge in [-0.3, -0.25) is 0 Å². The summed E-state index contributed by atoms with van der Waals surface area (Å²) in [5.74, 6) is 0. The van der Waals surface area contributed by atoms with Gasteiger partial charge in [-0.05, 0) is 5.19 Å². The third-order valence-electron chi connectivity index (χ3n) is 1.23. The number of rotatable bonds is 3. The quantitative estimate of drug-likeness (QED) is 0.615. The van der Waals surface area contributed by atoms with E-state index in [0.29, 0.717) is 17.1 Å². The van der Waals surface area contributed by atoms with Crippen molar-refractivity contribution in [2.45, 2.75) is 0 Å². The van der Waals surface area contributed by atoms with Crippen LogP contribution in [0.25, 0.3) is 0 Å². The molecule has 0 saturated heterocycles. The molecule has 0 spiro atoms. The first kappa shape index (κ1) is 9.14. The lowest BCUT2D eigenvalue weighted by atomic mass is 10.4. The van der Waals surface area contributed by atoms with Crippen LogP contribution in [0.3, 0.4) is 0 Å². The summed E-state index contributed by atoms with van der Waals surface area (Å²) in [6.45, 7) is 0. The number of hydrogen-bond acceptors (Lipinski definition) is 1. The highest BCUT2D eigenvalue weighted by atomic mass is 29.7. The molecule has 1 aromatic carbocycles. The molecule has 0 aliphatic carbocycles. The van der Waals surface area contributed by atoms with Crippen molar-refractivity contribution in [3.05, 3.63) is 30.3 Å². The van der Waals surface area contributed by atoms with Crippen molar-refractivity contribution in [1.82, 2.24) is 0 Å². The minimum absolute atomic E-state index is 0.665. The summed E-state index contributed by atoms with van der Waals surface area (Å²) < 4.78 is 0. The predicted molar refractivity (Wildman–Crippen MR) is 51.3 cm³/mol. The molecule has 0 fully saturated rings. The first-order chi connectivity index (χ1) is 5.34. The third-order valence-corrected chi connectivity index (χ3v) is 11.1. The largest absolute Gasteiger partial charge is 0.430 e. The van der Waals surface area contributed by atoms with Gasteiger partial charge in [0.05, 0.1) is 8.55 Å². The van der Waals surface area contributed by atoms with Crippen molar-refractivity contribution >= 4 is 40.6 Å². The van der Waals surface area contributed by atoms with Crippen LogP contribution in [0.15, 0.2) is 30.3 Å². The van der Waals surface area contributed by atoms with Crippen molar-refractivity contribution < 1.29 is 4.80 Å². The summed E-state index contributed by atoms with van der Waals surface area (Å²) in [5, 5.41) is 1.11. The molecule has 0 aliphatic heterocycles. The lowest BCUT2D eigenvalue weighted by Crippen LogP contribution is -2.39. The Bertz CT molecular complexity index is 203. The Labute approximate surface area is 76.0 Å². The van der Waals surface area contributed by atoms with Gasteiger partial charge in [0.2, 0.25) is 8.56 Å². The fraction of sp³-hybridized carbons (Fsp3) is 0. The Balaban J connectivity index is 2.61. The van der Waals surface area contributed by atoms with Gasteiger partial charge < -0.3 is 4.80 Å². The first-order valence-corrected chi connectivity index (χ1v) is 10.1. The van der Waals surface area contributed by atoms with E-state index in [2.05, 4.69) is 9.76 Å². The summed E-state index contributed by atoms with van der Waals surface area (Å²) >= 11 is 0. The Morgan fingerprint density at radius 3 is 2.45 bits per heavy atom. The molecule has 1 nitrogen and oxygen atoms in total. The maximum Gasteiger partial charge on any atom is 0.215 e. The Kier molecular flexibility index (Phi) is 4.01. The van der Waals surface area contributed by atoms with E-state index >= 15 is 0 Å². The van der Waals surface area contributed by atoms with E-state index in [1.54, 1.807) is 0 Å². The second-order valence-electron chi connectivity index (χ2n) is 1.96. The molecule has 0 amide bonds. The SMILES string of the molecule is O[Si]([Si][Si][Si])c1ccccc1. The van der Waals surface area contributed by atoms with Crippen molar-refractivity contribution in [1.29, 1.82) is 0 Å². The van der Waals surface area contributed by atoms with Crippen LogP contribution in [0.5, 0.6) is 0 Å². The minimum Gasteiger partial charge on any atom is -0.430 e. The molecule has 52 valence electrons. The zero-order valence-corrected chi connectivity index (χ0v) is 9.83. The van der Waals surface area contributed by atoms with Crippen LogP contribution < -0.4 is 5.19 Å². The molecule has 0 heterocycles. The van der Waals surface area contributed by atoms with Gasteiger partial charge in [-0.15, -0.1) is 0 Å². The topological polar surface area (TPSA) is 20.2 Å². The standard InChI is InChI=1S/C6H6OSi4/c7-11(10-9-8)6-4-2-1-3-5-6/h1-5,7H. The molecule has 0 unspecified atom stereocenters. The second-order valence-corrected chi connectivity index (χ2v) is 11.2. The van der Waals surface area contributed by atoms with Crippen molar-refractivity contribution in [2.75, 3.05) is 0 Å². The monoisotopic (exact) mass is 206 g/mol. The Hall–Kier alpha value is 0.0475. The molecule has 8 radical (unpaired) electrons. The maximum absolute atomic E-state index is 9.61. The van der Waals surface area contributed by atoms with E-state index in [1.165, 1.54) is 0 Å². The molecule has 1 aromatic rings. The fourth-order valence-electron chi connectivity index (χ4n) is 0.727. The smallest absolute Gasteiger partial charge is 0.215 e. The van der Waals surface area contributed by atoms with E-state index in [0.717, 1.165) is 5.19 Å². The Morgan fingerprint density at radius 1 is 1.27 bits per heavy atom. The molecule has 1 N–H and O–H groups in total. The van der Waals surface area contributed by atoms with Gasteiger partial charge in [-0.1, -0.05) is 30.3 Å². The van der Waals surface area contributed by atoms with Gasteiger partial charge in [-0.2, -0.15) is 0 Å². The van der Waals surface area contributed by atoms with Crippen LogP contribution in [0.2, 0.25) is 0 Å². The van der Waals surface area contributed by atoms with Gasteiger partial charge in [-0.25, -0.2) is 0 Å². The van der Waals surface area contributed by atoms with Crippen molar-refractivity contribution in [3.63, 3.8) is 0 Å². The average Bonchev–Trinajstić information content (AvgIpc) is 2.07.